The van der Waals surface area contributed by atoms with Gasteiger partial charge in [-0.1, -0.05) is 36.4 Å². The van der Waals surface area contributed by atoms with Crippen molar-refractivity contribution < 1.29 is 23.1 Å². The number of pyridine rings is 1. The van der Waals surface area contributed by atoms with Gasteiger partial charge in [-0.2, -0.15) is 13.2 Å². The molecule has 2 aromatic rings. The summed E-state index contributed by atoms with van der Waals surface area (Å²) in [5.74, 6) is -0.706. The van der Waals surface area contributed by atoms with E-state index < -0.39 is 23.9 Å². The molecule has 1 unspecified atom stereocenters. The molecule has 0 aliphatic carbocycles. The van der Waals surface area contributed by atoms with Crippen molar-refractivity contribution >= 4 is 5.91 Å². The predicted molar refractivity (Wildman–Crippen MR) is 77.2 cm³/mol. The van der Waals surface area contributed by atoms with Crippen molar-refractivity contribution in [3.05, 3.63) is 65.5 Å². The minimum absolute atomic E-state index is 0.00392. The Labute approximate surface area is 131 Å². The van der Waals surface area contributed by atoms with Crippen LogP contribution in [0.25, 0.3) is 0 Å². The molecule has 0 radical (unpaired) electrons. The van der Waals surface area contributed by atoms with Gasteiger partial charge in [0.2, 0.25) is 0 Å². The fourth-order valence-electron chi connectivity index (χ4n) is 2.00. The van der Waals surface area contributed by atoms with Gasteiger partial charge in [-0.3, -0.25) is 9.78 Å². The van der Waals surface area contributed by atoms with E-state index in [0.29, 0.717) is 0 Å². The van der Waals surface area contributed by atoms with Gasteiger partial charge in [-0.05, 0) is 18.6 Å². The third-order valence-electron chi connectivity index (χ3n) is 3.30. The van der Waals surface area contributed by atoms with Crippen LogP contribution in [0, 0.1) is 0 Å². The number of aliphatic hydroxyl groups is 1. The summed E-state index contributed by atoms with van der Waals surface area (Å²) in [4.78, 5) is 15.2. The molecule has 4 nitrogen and oxygen atoms in total. The lowest BCUT2D eigenvalue weighted by Crippen LogP contribution is -2.31. The molecule has 2 rings (SSSR count). The first-order valence-corrected chi connectivity index (χ1v) is 6.85. The van der Waals surface area contributed by atoms with Gasteiger partial charge in [0, 0.05) is 11.8 Å². The molecule has 7 heteroatoms. The molecule has 2 atom stereocenters. The molecule has 0 spiro atoms. The van der Waals surface area contributed by atoms with Crippen molar-refractivity contribution in [2.45, 2.75) is 25.2 Å². The molecule has 2 N–H and O–H groups in total. The average molecular weight is 324 g/mol. The number of hydrogen-bond acceptors (Lipinski definition) is 3. The van der Waals surface area contributed by atoms with Crippen LogP contribution in [0.2, 0.25) is 0 Å². The highest BCUT2D eigenvalue weighted by Crippen LogP contribution is 2.28. The monoisotopic (exact) mass is 324 g/mol. The number of alkyl halides is 3. The number of benzene rings is 1. The molecule has 0 saturated heterocycles. The second kappa shape index (κ2) is 6.78. The number of rotatable bonds is 4. The van der Waals surface area contributed by atoms with Gasteiger partial charge >= 0.3 is 6.18 Å². The second-order valence-electron chi connectivity index (χ2n) is 5.02. The predicted octanol–water partition coefficient (Wildman–Crippen LogP) is 3.01. The summed E-state index contributed by atoms with van der Waals surface area (Å²) in [6, 6.07) is 10.5. The maximum Gasteiger partial charge on any atom is 0.433 e. The quantitative estimate of drug-likeness (QED) is 0.909. The van der Waals surface area contributed by atoms with Crippen molar-refractivity contribution in [1.82, 2.24) is 10.3 Å². The Morgan fingerprint density at radius 1 is 1.13 bits per heavy atom. The Kier molecular flexibility index (Phi) is 5.00. The number of aromatic nitrogens is 1. The number of hydrogen-bond donors (Lipinski definition) is 2. The van der Waals surface area contributed by atoms with Crippen LogP contribution < -0.4 is 5.32 Å². The smallest absolute Gasteiger partial charge is 0.378 e. The molecule has 1 amide bonds. The number of carbonyl (C=O) groups is 1. The van der Waals surface area contributed by atoms with Gasteiger partial charge in [0.05, 0.1) is 6.04 Å². The summed E-state index contributed by atoms with van der Waals surface area (Å²) in [7, 11) is 0. The Balaban J connectivity index is 2.05. The third kappa shape index (κ3) is 4.29. The summed E-state index contributed by atoms with van der Waals surface area (Å²) in [6.07, 6.45) is -5.30. The van der Waals surface area contributed by atoms with Crippen LogP contribution in [0.15, 0.2) is 48.7 Å². The number of carbonyl (C=O) groups excluding carboxylic acids is 1. The number of amides is 1. The molecule has 122 valence electrons. The maximum absolute atomic E-state index is 12.4. The number of nitrogens with zero attached hydrogens (tertiary/aromatic N) is 1. The molecular formula is C16H15F3N2O2. The van der Waals surface area contributed by atoms with E-state index in [9.17, 15) is 23.1 Å². The van der Waals surface area contributed by atoms with Crippen molar-refractivity contribution in [3.8, 4) is 0 Å². The van der Waals surface area contributed by atoms with Crippen LogP contribution in [0.1, 0.15) is 35.9 Å². The average Bonchev–Trinajstić information content (AvgIpc) is 2.54. The molecule has 0 bridgehead atoms. The van der Waals surface area contributed by atoms with Gasteiger partial charge in [-0.25, -0.2) is 0 Å². The van der Waals surface area contributed by atoms with Crippen molar-refractivity contribution in [2.24, 2.45) is 0 Å². The number of nitrogens with one attached hydrogen (secondary N) is 1. The van der Waals surface area contributed by atoms with E-state index in [-0.39, 0.29) is 11.6 Å². The lowest BCUT2D eigenvalue weighted by Gasteiger charge is -2.17. The largest absolute Gasteiger partial charge is 0.433 e. The van der Waals surface area contributed by atoms with Crippen LogP contribution in [-0.2, 0) is 11.0 Å². The van der Waals surface area contributed by atoms with E-state index in [0.717, 1.165) is 23.9 Å². The summed E-state index contributed by atoms with van der Waals surface area (Å²) in [5.41, 5.74) is -0.235. The maximum atomic E-state index is 12.4. The third-order valence-corrected chi connectivity index (χ3v) is 3.30. The van der Waals surface area contributed by atoms with Crippen LogP contribution in [0.5, 0.6) is 0 Å². The lowest BCUT2D eigenvalue weighted by molar-refractivity contribution is -0.141. The van der Waals surface area contributed by atoms with Gasteiger partial charge in [0.1, 0.15) is 5.69 Å². The van der Waals surface area contributed by atoms with Gasteiger partial charge in [-0.15, -0.1) is 0 Å². The Morgan fingerprint density at radius 3 is 2.30 bits per heavy atom. The summed E-state index contributed by atoms with van der Waals surface area (Å²) < 4.78 is 37.3. The highest BCUT2D eigenvalue weighted by atomic mass is 19.4. The molecule has 0 aliphatic heterocycles. The van der Waals surface area contributed by atoms with Crippen LogP contribution >= 0.6 is 0 Å². The Hall–Kier alpha value is -2.41. The number of aliphatic hydroxyl groups excluding tert-OH is 1. The molecule has 1 heterocycles. The molecule has 0 saturated carbocycles. The minimum Gasteiger partial charge on any atom is -0.378 e. The van der Waals surface area contributed by atoms with E-state index in [4.69, 9.17) is 0 Å². The van der Waals surface area contributed by atoms with Crippen molar-refractivity contribution in [3.63, 3.8) is 0 Å². The van der Waals surface area contributed by atoms with E-state index in [1.54, 1.807) is 6.92 Å². The standard InChI is InChI=1S/C16H15F3N2O2/c1-10(11-5-3-2-4-6-11)21-15(23)14(22)12-7-8-13(20-9-12)16(17,18)19/h2-10,14,22H,1H3,(H,21,23)/t10-,14?/m1/s1. The number of halogens is 3. The molecule has 1 aromatic heterocycles. The summed E-state index contributed by atoms with van der Waals surface area (Å²) in [5, 5.41) is 12.5. The minimum atomic E-state index is -4.56. The lowest BCUT2D eigenvalue weighted by atomic mass is 10.1. The zero-order chi connectivity index (χ0) is 17.0. The normalized spacial score (nSPS) is 14.1. The highest BCUT2D eigenvalue weighted by Gasteiger charge is 2.32. The summed E-state index contributed by atoms with van der Waals surface area (Å²) in [6.45, 7) is 1.74. The molecule has 0 fully saturated rings. The van der Waals surface area contributed by atoms with Crippen LogP contribution in [0.4, 0.5) is 13.2 Å². The van der Waals surface area contributed by atoms with Crippen molar-refractivity contribution in [1.29, 1.82) is 0 Å². The van der Waals surface area contributed by atoms with Gasteiger partial charge in [0.25, 0.3) is 5.91 Å². The fraction of sp³-hybridized carbons (Fsp3) is 0.250. The van der Waals surface area contributed by atoms with Gasteiger partial charge in [0.15, 0.2) is 6.10 Å². The second-order valence-corrected chi connectivity index (χ2v) is 5.02. The Bertz CT molecular complexity index is 657. The molecule has 0 aliphatic rings. The van der Waals surface area contributed by atoms with Crippen molar-refractivity contribution in [2.75, 3.05) is 0 Å². The molecular weight excluding hydrogens is 309 g/mol. The first-order valence-electron chi connectivity index (χ1n) is 6.85. The highest BCUT2D eigenvalue weighted by molar-refractivity contribution is 5.82. The summed E-state index contributed by atoms with van der Waals surface area (Å²) >= 11 is 0. The van der Waals surface area contributed by atoms with E-state index in [2.05, 4.69) is 10.3 Å². The molecule has 23 heavy (non-hydrogen) atoms. The SMILES string of the molecule is C[C@@H](NC(=O)C(O)c1ccc(C(F)(F)F)nc1)c1ccccc1. The van der Waals surface area contributed by atoms with Gasteiger partial charge < -0.3 is 10.4 Å². The zero-order valence-electron chi connectivity index (χ0n) is 12.2. The zero-order valence-corrected chi connectivity index (χ0v) is 12.2. The van der Waals surface area contributed by atoms with Crippen LogP contribution in [-0.4, -0.2) is 16.0 Å². The first-order chi connectivity index (χ1) is 10.8. The fourth-order valence-corrected chi connectivity index (χ4v) is 2.00. The van der Waals surface area contributed by atoms with E-state index in [1.165, 1.54) is 0 Å². The van der Waals surface area contributed by atoms with E-state index >= 15 is 0 Å². The van der Waals surface area contributed by atoms with E-state index in [1.807, 2.05) is 30.3 Å². The van der Waals surface area contributed by atoms with Crippen LogP contribution in [0.3, 0.4) is 0 Å². The molecule has 1 aromatic carbocycles. The Morgan fingerprint density at radius 2 is 1.78 bits per heavy atom. The first kappa shape index (κ1) is 17.0. The topological polar surface area (TPSA) is 62.2 Å².